The number of carbonyl (C=O) groups is 1. The molecule has 8 heteroatoms. The highest BCUT2D eigenvalue weighted by Crippen LogP contribution is 2.28. The van der Waals surface area contributed by atoms with Gasteiger partial charge in [-0.2, -0.15) is 0 Å². The van der Waals surface area contributed by atoms with Crippen LogP contribution < -0.4 is 10.6 Å². The first kappa shape index (κ1) is 21.4. The predicted molar refractivity (Wildman–Crippen MR) is 116 cm³/mol. The molecule has 1 aliphatic heterocycles. The Labute approximate surface area is 179 Å². The molecule has 152 valence electrons. The molecule has 1 amide bonds. The summed E-state index contributed by atoms with van der Waals surface area (Å²) in [6, 6.07) is 14.6. The lowest BCUT2D eigenvalue weighted by Gasteiger charge is -2.09. The second-order valence-corrected chi connectivity index (χ2v) is 7.97. The molecule has 2 aromatic carbocycles. The number of nitrogens with one attached hydrogen (secondary N) is 2. The summed E-state index contributed by atoms with van der Waals surface area (Å²) >= 11 is 1.16. The Morgan fingerprint density at radius 2 is 1.90 bits per heavy atom. The summed E-state index contributed by atoms with van der Waals surface area (Å²) in [5, 5.41) is 14.9. The normalized spacial score (nSPS) is 15.7. The largest absolute Gasteiger partial charge is 0.316 e. The fourth-order valence-electron chi connectivity index (χ4n) is 3.38. The fourth-order valence-corrected chi connectivity index (χ4v) is 4.17. The van der Waals surface area contributed by atoms with Crippen molar-refractivity contribution in [3.8, 4) is 10.6 Å². The standard InChI is InChI=1S/C21H21FN4OS.ClH/c22-18-4-2-1-3-17(18)20-25-26-21(28-20)24-19(27)12-15-7-5-14(6-8-15)11-16-9-10-23-13-16;/h1-8,16,23H,9-13H2,(H,24,26,27);1H. The van der Waals surface area contributed by atoms with Gasteiger partial charge in [0, 0.05) is 5.56 Å². The van der Waals surface area contributed by atoms with Gasteiger partial charge < -0.3 is 10.6 Å². The van der Waals surface area contributed by atoms with Gasteiger partial charge in [-0.15, -0.1) is 22.6 Å². The summed E-state index contributed by atoms with van der Waals surface area (Å²) in [6.45, 7) is 2.19. The Morgan fingerprint density at radius 1 is 1.14 bits per heavy atom. The van der Waals surface area contributed by atoms with E-state index in [2.05, 4.69) is 33.0 Å². The Morgan fingerprint density at radius 3 is 2.62 bits per heavy atom. The van der Waals surface area contributed by atoms with E-state index in [9.17, 15) is 9.18 Å². The molecule has 1 aliphatic rings. The molecule has 0 bridgehead atoms. The van der Waals surface area contributed by atoms with Crippen molar-refractivity contribution in [3.63, 3.8) is 0 Å². The van der Waals surface area contributed by atoms with Crippen molar-refractivity contribution in [2.24, 2.45) is 5.92 Å². The topological polar surface area (TPSA) is 66.9 Å². The summed E-state index contributed by atoms with van der Waals surface area (Å²) in [4.78, 5) is 12.3. The quantitative estimate of drug-likeness (QED) is 0.615. The van der Waals surface area contributed by atoms with Crippen molar-refractivity contribution < 1.29 is 9.18 Å². The zero-order valence-electron chi connectivity index (χ0n) is 15.7. The van der Waals surface area contributed by atoms with Crippen LogP contribution in [0.4, 0.5) is 9.52 Å². The molecule has 29 heavy (non-hydrogen) atoms. The van der Waals surface area contributed by atoms with E-state index in [0.717, 1.165) is 36.4 Å². The molecule has 1 unspecified atom stereocenters. The Hall–Kier alpha value is -2.35. The van der Waals surface area contributed by atoms with Gasteiger partial charge in [-0.05, 0) is 55.1 Å². The Balaban J connectivity index is 0.00000240. The van der Waals surface area contributed by atoms with Crippen LogP contribution in [0.5, 0.6) is 0 Å². The van der Waals surface area contributed by atoms with E-state index < -0.39 is 0 Å². The van der Waals surface area contributed by atoms with Crippen LogP contribution >= 0.6 is 23.7 Å². The van der Waals surface area contributed by atoms with Crippen LogP contribution in [0.25, 0.3) is 10.6 Å². The van der Waals surface area contributed by atoms with E-state index in [1.807, 2.05) is 12.1 Å². The van der Waals surface area contributed by atoms with Gasteiger partial charge in [0.15, 0.2) is 5.01 Å². The minimum absolute atomic E-state index is 0. The van der Waals surface area contributed by atoms with Crippen molar-refractivity contribution >= 4 is 34.8 Å². The third kappa shape index (κ3) is 5.59. The molecule has 5 nitrogen and oxygen atoms in total. The zero-order chi connectivity index (χ0) is 19.3. The highest BCUT2D eigenvalue weighted by Gasteiger charge is 2.15. The first-order valence-electron chi connectivity index (χ1n) is 9.34. The van der Waals surface area contributed by atoms with Gasteiger partial charge in [0.2, 0.25) is 11.0 Å². The maximum absolute atomic E-state index is 13.8. The van der Waals surface area contributed by atoms with Crippen molar-refractivity contribution in [1.29, 1.82) is 0 Å². The molecule has 0 radical (unpaired) electrons. The number of hydrogen-bond acceptors (Lipinski definition) is 5. The van der Waals surface area contributed by atoms with Crippen molar-refractivity contribution in [3.05, 3.63) is 65.5 Å². The van der Waals surface area contributed by atoms with Gasteiger partial charge >= 0.3 is 0 Å². The van der Waals surface area contributed by atoms with E-state index in [1.165, 1.54) is 18.1 Å². The van der Waals surface area contributed by atoms with E-state index in [0.29, 0.717) is 21.6 Å². The van der Waals surface area contributed by atoms with Gasteiger partial charge in [0.05, 0.1) is 6.42 Å². The average molecular weight is 433 g/mol. The fraction of sp³-hybridized carbons (Fsp3) is 0.286. The number of rotatable bonds is 6. The predicted octanol–water partition coefficient (Wildman–Crippen LogP) is 4.10. The molecular weight excluding hydrogens is 411 g/mol. The summed E-state index contributed by atoms with van der Waals surface area (Å²) in [6.07, 6.45) is 2.56. The number of aromatic nitrogens is 2. The van der Waals surface area contributed by atoms with Crippen LogP contribution in [-0.2, 0) is 17.6 Å². The van der Waals surface area contributed by atoms with Crippen molar-refractivity contribution in [2.45, 2.75) is 19.3 Å². The Bertz CT molecular complexity index is 957. The number of hydrogen-bond donors (Lipinski definition) is 2. The van der Waals surface area contributed by atoms with Crippen molar-refractivity contribution in [1.82, 2.24) is 15.5 Å². The van der Waals surface area contributed by atoms with E-state index in [4.69, 9.17) is 0 Å². The van der Waals surface area contributed by atoms with Gasteiger partial charge in [0.1, 0.15) is 5.82 Å². The molecule has 2 N–H and O–H groups in total. The molecule has 2 heterocycles. The van der Waals surface area contributed by atoms with Crippen LogP contribution in [0.3, 0.4) is 0 Å². The number of amides is 1. The second kappa shape index (κ2) is 9.91. The molecule has 1 saturated heterocycles. The number of halogens is 2. The average Bonchev–Trinajstić information content (AvgIpc) is 3.36. The summed E-state index contributed by atoms with van der Waals surface area (Å²) in [5.74, 6) is 0.184. The molecule has 1 aromatic heterocycles. The lowest BCUT2D eigenvalue weighted by molar-refractivity contribution is -0.115. The summed E-state index contributed by atoms with van der Waals surface area (Å²) in [5.41, 5.74) is 2.63. The number of carbonyl (C=O) groups excluding carboxylic acids is 1. The van der Waals surface area contributed by atoms with Gasteiger partial charge in [-0.25, -0.2) is 4.39 Å². The van der Waals surface area contributed by atoms with Crippen LogP contribution in [0, 0.1) is 11.7 Å². The molecule has 0 saturated carbocycles. The molecule has 3 aromatic rings. The van der Waals surface area contributed by atoms with Crippen molar-refractivity contribution in [2.75, 3.05) is 18.4 Å². The molecule has 4 rings (SSSR count). The lowest BCUT2D eigenvalue weighted by atomic mass is 9.97. The van der Waals surface area contributed by atoms with Gasteiger partial charge in [0.25, 0.3) is 0 Å². The smallest absolute Gasteiger partial charge is 0.230 e. The lowest BCUT2D eigenvalue weighted by Crippen LogP contribution is -2.14. The van der Waals surface area contributed by atoms with Crippen LogP contribution in [-0.4, -0.2) is 29.2 Å². The number of nitrogens with zero attached hydrogens (tertiary/aromatic N) is 2. The third-order valence-corrected chi connectivity index (χ3v) is 5.72. The van der Waals surface area contributed by atoms with Gasteiger partial charge in [-0.1, -0.05) is 47.7 Å². The highest BCUT2D eigenvalue weighted by molar-refractivity contribution is 7.18. The Kier molecular flexibility index (Phi) is 7.30. The maximum Gasteiger partial charge on any atom is 0.230 e. The first-order chi connectivity index (χ1) is 13.7. The summed E-state index contributed by atoms with van der Waals surface area (Å²) < 4.78 is 13.8. The number of anilines is 1. The second-order valence-electron chi connectivity index (χ2n) is 7.00. The maximum atomic E-state index is 13.8. The molecule has 1 fully saturated rings. The van der Waals surface area contributed by atoms with Crippen LogP contribution in [0.2, 0.25) is 0 Å². The first-order valence-corrected chi connectivity index (χ1v) is 10.2. The number of benzene rings is 2. The molecule has 1 atom stereocenters. The third-order valence-electron chi connectivity index (χ3n) is 4.85. The SMILES string of the molecule is Cl.O=C(Cc1ccc(CC2CCNC2)cc1)Nc1nnc(-c2ccccc2F)s1. The van der Waals surface area contributed by atoms with Crippen LogP contribution in [0.1, 0.15) is 17.5 Å². The van der Waals surface area contributed by atoms with E-state index in [1.54, 1.807) is 18.2 Å². The van der Waals surface area contributed by atoms with Gasteiger partial charge in [-0.3, -0.25) is 4.79 Å². The minimum Gasteiger partial charge on any atom is -0.316 e. The van der Waals surface area contributed by atoms with E-state index >= 15 is 0 Å². The zero-order valence-corrected chi connectivity index (χ0v) is 17.4. The minimum atomic E-state index is -0.356. The molecular formula is C21H22ClFN4OS. The molecule has 0 aliphatic carbocycles. The van der Waals surface area contributed by atoms with Crippen LogP contribution in [0.15, 0.2) is 48.5 Å². The monoisotopic (exact) mass is 432 g/mol. The molecule has 0 spiro atoms. The summed E-state index contributed by atoms with van der Waals surface area (Å²) in [7, 11) is 0. The highest BCUT2D eigenvalue weighted by atomic mass is 35.5. The van der Waals surface area contributed by atoms with E-state index in [-0.39, 0.29) is 30.6 Å².